The Morgan fingerprint density at radius 2 is 1.89 bits per heavy atom. The lowest BCUT2D eigenvalue weighted by Gasteiger charge is -2.23. The van der Waals surface area contributed by atoms with Crippen LogP contribution in [0.15, 0.2) is 60.0 Å². The molecule has 2 heterocycles. The molecule has 2 aromatic carbocycles. The molecule has 0 radical (unpaired) electrons. The van der Waals surface area contributed by atoms with Crippen molar-refractivity contribution in [2.45, 2.75) is 32.4 Å². The zero-order chi connectivity index (χ0) is 19.9. The number of benzene rings is 2. The van der Waals surface area contributed by atoms with Crippen molar-refractivity contribution in [3.8, 4) is 0 Å². The number of hydrogen-bond donors (Lipinski definition) is 1. The van der Waals surface area contributed by atoms with Crippen molar-refractivity contribution in [1.82, 2.24) is 0 Å². The Kier molecular flexibility index (Phi) is 4.65. The van der Waals surface area contributed by atoms with Gasteiger partial charge in [0.25, 0.3) is 5.91 Å². The molecule has 4 rings (SSSR count). The molecule has 1 atom stereocenters. The molecule has 0 fully saturated rings. The van der Waals surface area contributed by atoms with E-state index in [1.54, 1.807) is 34.4 Å². The predicted octanol–water partition coefficient (Wildman–Crippen LogP) is 4.37. The van der Waals surface area contributed by atoms with Crippen molar-refractivity contribution in [3.05, 3.63) is 87.1 Å². The fraction of sp³-hybridized carbons (Fsp3) is 0.217. The number of para-hydroxylation sites is 1. The zero-order valence-corrected chi connectivity index (χ0v) is 16.6. The summed E-state index contributed by atoms with van der Waals surface area (Å²) in [5, 5.41) is 13.3. The summed E-state index contributed by atoms with van der Waals surface area (Å²) >= 11 is 1.56. The van der Waals surface area contributed by atoms with Gasteiger partial charge in [0.1, 0.15) is 0 Å². The molecule has 28 heavy (non-hydrogen) atoms. The van der Waals surface area contributed by atoms with E-state index in [1.807, 2.05) is 55.6 Å². The maximum absolute atomic E-state index is 13.2. The Morgan fingerprint density at radius 3 is 2.61 bits per heavy atom. The van der Waals surface area contributed by atoms with Crippen molar-refractivity contribution in [1.29, 1.82) is 0 Å². The van der Waals surface area contributed by atoms with E-state index in [9.17, 15) is 14.7 Å². The minimum absolute atomic E-state index is 0.235. The van der Waals surface area contributed by atoms with Gasteiger partial charge in [0, 0.05) is 16.0 Å². The summed E-state index contributed by atoms with van der Waals surface area (Å²) in [5.74, 6) is -0.679. The smallest absolute Gasteiger partial charge is 0.264 e. The number of anilines is 1. The number of amides is 1. The fourth-order valence-electron chi connectivity index (χ4n) is 3.85. The topological polar surface area (TPSA) is 57.6 Å². The quantitative estimate of drug-likeness (QED) is 0.657. The average Bonchev–Trinajstić information content (AvgIpc) is 3.24. The molecule has 0 saturated heterocycles. The van der Waals surface area contributed by atoms with Gasteiger partial charge in [-0.3, -0.25) is 9.59 Å². The summed E-state index contributed by atoms with van der Waals surface area (Å²) in [5.41, 5.74) is 1.77. The van der Waals surface area contributed by atoms with E-state index in [1.165, 1.54) is 0 Å². The van der Waals surface area contributed by atoms with Gasteiger partial charge < -0.3 is 10.0 Å². The van der Waals surface area contributed by atoms with Crippen LogP contribution in [-0.4, -0.2) is 16.8 Å². The van der Waals surface area contributed by atoms with Crippen LogP contribution in [0.4, 0.5) is 5.69 Å². The third kappa shape index (κ3) is 3.07. The highest BCUT2D eigenvalue weighted by molar-refractivity contribution is 7.09. The summed E-state index contributed by atoms with van der Waals surface area (Å²) in [6.07, 6.45) is -0.270. The van der Waals surface area contributed by atoms with Gasteiger partial charge in [-0.2, -0.15) is 0 Å². The van der Waals surface area contributed by atoms with Crippen LogP contribution >= 0.6 is 11.3 Å². The molecule has 1 aliphatic rings. The van der Waals surface area contributed by atoms with Crippen LogP contribution in [-0.2, 0) is 16.9 Å². The molecular formula is C23H21NO3S. The van der Waals surface area contributed by atoms with Crippen LogP contribution in [0, 0.1) is 13.8 Å². The van der Waals surface area contributed by atoms with Gasteiger partial charge in [0.2, 0.25) is 0 Å². The summed E-state index contributed by atoms with van der Waals surface area (Å²) in [6, 6.07) is 16.6. The third-order valence-electron chi connectivity index (χ3n) is 5.23. The van der Waals surface area contributed by atoms with Crippen molar-refractivity contribution >= 4 is 28.7 Å². The number of nitrogens with zero attached hydrogens (tertiary/aromatic N) is 1. The van der Waals surface area contributed by atoms with E-state index < -0.39 is 11.5 Å². The van der Waals surface area contributed by atoms with Gasteiger partial charge in [-0.05, 0) is 36.9 Å². The second-order valence-corrected chi connectivity index (χ2v) is 8.30. The van der Waals surface area contributed by atoms with E-state index >= 15 is 0 Å². The monoisotopic (exact) mass is 391 g/mol. The number of carbonyl (C=O) groups is 2. The van der Waals surface area contributed by atoms with E-state index in [0.29, 0.717) is 23.4 Å². The van der Waals surface area contributed by atoms with Crippen LogP contribution < -0.4 is 4.90 Å². The highest BCUT2D eigenvalue weighted by Crippen LogP contribution is 2.43. The lowest BCUT2D eigenvalue weighted by atomic mass is 9.87. The van der Waals surface area contributed by atoms with Crippen molar-refractivity contribution in [2.24, 2.45) is 0 Å². The van der Waals surface area contributed by atoms with Crippen LogP contribution in [0.3, 0.4) is 0 Å². The van der Waals surface area contributed by atoms with Crippen molar-refractivity contribution in [2.75, 3.05) is 4.90 Å². The molecule has 0 saturated carbocycles. The van der Waals surface area contributed by atoms with Crippen LogP contribution in [0.25, 0.3) is 0 Å². The first-order valence-electron chi connectivity index (χ1n) is 9.17. The standard InChI is InChI=1S/C23H21NO3S/c1-15-9-10-18(16(2)12-15)21(25)13-23(27)19-7-3-4-8-20(19)24(22(23)26)14-17-6-5-11-28-17/h3-12,27H,13-14H2,1-2H3/t23-/m0/s1. The molecule has 4 nitrogen and oxygen atoms in total. The molecule has 3 aromatic rings. The van der Waals surface area contributed by atoms with Crippen molar-refractivity contribution < 1.29 is 14.7 Å². The molecule has 142 valence electrons. The Labute approximate surface area is 168 Å². The number of aryl methyl sites for hydroxylation is 2. The molecule has 1 aromatic heterocycles. The minimum Gasteiger partial charge on any atom is -0.375 e. The van der Waals surface area contributed by atoms with Gasteiger partial charge in [-0.1, -0.05) is 48.0 Å². The maximum atomic E-state index is 13.2. The van der Waals surface area contributed by atoms with Gasteiger partial charge >= 0.3 is 0 Å². The van der Waals surface area contributed by atoms with Crippen LogP contribution in [0.2, 0.25) is 0 Å². The Hall–Kier alpha value is -2.76. The second kappa shape index (κ2) is 7.00. The summed E-state index contributed by atoms with van der Waals surface area (Å²) in [6.45, 7) is 4.22. The SMILES string of the molecule is Cc1ccc(C(=O)C[C@@]2(O)C(=O)N(Cc3cccs3)c3ccccc32)c(C)c1. The van der Waals surface area contributed by atoms with Crippen LogP contribution in [0.5, 0.6) is 0 Å². The van der Waals surface area contributed by atoms with Gasteiger partial charge in [-0.15, -0.1) is 11.3 Å². The molecule has 0 bridgehead atoms. The lowest BCUT2D eigenvalue weighted by molar-refractivity contribution is -0.136. The Balaban J connectivity index is 1.69. The molecule has 5 heteroatoms. The Morgan fingerprint density at radius 1 is 1.11 bits per heavy atom. The number of aliphatic hydroxyl groups is 1. The number of ketones is 1. The summed E-state index contributed by atoms with van der Waals surface area (Å²) in [7, 11) is 0. The predicted molar refractivity (Wildman–Crippen MR) is 111 cm³/mol. The molecule has 1 N–H and O–H groups in total. The number of rotatable bonds is 5. The highest BCUT2D eigenvalue weighted by atomic mass is 32.1. The molecule has 1 amide bonds. The molecular weight excluding hydrogens is 370 g/mol. The summed E-state index contributed by atoms with van der Waals surface area (Å²) in [4.78, 5) is 28.8. The zero-order valence-electron chi connectivity index (χ0n) is 15.8. The van der Waals surface area contributed by atoms with Gasteiger partial charge in [0.15, 0.2) is 11.4 Å². The van der Waals surface area contributed by atoms with Gasteiger partial charge in [0.05, 0.1) is 18.7 Å². The molecule has 0 spiro atoms. The lowest BCUT2D eigenvalue weighted by Crippen LogP contribution is -2.41. The molecule has 0 aliphatic carbocycles. The first kappa shape index (κ1) is 18.6. The molecule has 1 aliphatic heterocycles. The average molecular weight is 391 g/mol. The number of Topliss-reactive ketones (excluding diaryl/α,β-unsaturated/α-hetero) is 1. The van der Waals surface area contributed by atoms with Crippen molar-refractivity contribution in [3.63, 3.8) is 0 Å². The number of thiophene rings is 1. The van der Waals surface area contributed by atoms with Gasteiger partial charge in [-0.25, -0.2) is 0 Å². The highest BCUT2D eigenvalue weighted by Gasteiger charge is 2.50. The normalized spacial score (nSPS) is 18.4. The molecule has 0 unspecified atom stereocenters. The number of fused-ring (bicyclic) bond motifs is 1. The largest absolute Gasteiger partial charge is 0.375 e. The summed E-state index contributed by atoms with van der Waals surface area (Å²) < 4.78 is 0. The third-order valence-corrected chi connectivity index (χ3v) is 6.09. The van der Waals surface area contributed by atoms with Crippen LogP contribution in [0.1, 0.15) is 38.3 Å². The maximum Gasteiger partial charge on any atom is 0.264 e. The Bertz CT molecular complexity index is 1060. The fourth-order valence-corrected chi connectivity index (χ4v) is 4.54. The van der Waals surface area contributed by atoms with E-state index in [2.05, 4.69) is 0 Å². The second-order valence-electron chi connectivity index (χ2n) is 7.27. The van der Waals surface area contributed by atoms with E-state index in [-0.39, 0.29) is 12.2 Å². The first-order chi connectivity index (χ1) is 13.4. The number of carbonyl (C=O) groups excluding carboxylic acids is 2. The minimum atomic E-state index is -1.84. The van der Waals surface area contributed by atoms with E-state index in [4.69, 9.17) is 0 Å². The first-order valence-corrected chi connectivity index (χ1v) is 10.0. The van der Waals surface area contributed by atoms with E-state index in [0.717, 1.165) is 16.0 Å². The number of hydrogen-bond acceptors (Lipinski definition) is 4.